The Labute approximate surface area is 54.3 Å². The molecular weight excluding hydrogens is 118 g/mol. The molecule has 1 fully saturated rings. The molecule has 1 aliphatic rings. The van der Waals surface area contributed by atoms with Crippen molar-refractivity contribution in [2.75, 3.05) is 13.6 Å². The zero-order valence-electron chi connectivity index (χ0n) is 5.72. The molecular formula is C6H11NO2. The van der Waals surface area contributed by atoms with Gasteiger partial charge in [-0.2, -0.15) is 0 Å². The Bertz CT molecular complexity index is 146. The highest BCUT2D eigenvalue weighted by Gasteiger charge is 2.44. The van der Waals surface area contributed by atoms with Gasteiger partial charge < -0.3 is 5.11 Å². The quantitative estimate of drug-likeness (QED) is 0.548. The van der Waals surface area contributed by atoms with Crippen molar-refractivity contribution < 1.29 is 9.90 Å². The number of nitrogens with zero attached hydrogens (tertiary/aromatic N) is 1. The molecule has 0 radical (unpaired) electrons. The summed E-state index contributed by atoms with van der Waals surface area (Å²) in [5.41, 5.74) is -0.569. The number of hydrogen-bond donors (Lipinski definition) is 1. The summed E-state index contributed by atoms with van der Waals surface area (Å²) in [6.45, 7) is 2.65. The molecule has 0 aromatic rings. The number of carbonyl (C=O) groups is 1. The summed E-state index contributed by atoms with van der Waals surface area (Å²) in [4.78, 5) is 12.3. The van der Waals surface area contributed by atoms with E-state index in [9.17, 15) is 4.79 Å². The van der Waals surface area contributed by atoms with Gasteiger partial charge in [0.15, 0.2) is 0 Å². The molecule has 0 aromatic heterocycles. The van der Waals surface area contributed by atoms with Crippen molar-refractivity contribution in [2.24, 2.45) is 0 Å². The van der Waals surface area contributed by atoms with E-state index in [1.807, 2.05) is 11.9 Å². The molecule has 1 rings (SSSR count). The van der Waals surface area contributed by atoms with Gasteiger partial charge in [-0.15, -0.1) is 0 Å². The highest BCUT2D eigenvalue weighted by Crippen LogP contribution is 2.27. The Hall–Kier alpha value is -0.570. The van der Waals surface area contributed by atoms with Gasteiger partial charge in [-0.1, -0.05) is 0 Å². The lowest BCUT2D eigenvalue weighted by Gasteiger charge is -2.44. The zero-order chi connectivity index (χ0) is 7.07. The highest BCUT2D eigenvalue weighted by atomic mass is 16.4. The minimum absolute atomic E-state index is 0.569. The Balaban J connectivity index is 2.64. The summed E-state index contributed by atoms with van der Waals surface area (Å²) < 4.78 is 0. The summed E-state index contributed by atoms with van der Waals surface area (Å²) in [5, 5.41) is 8.62. The molecule has 52 valence electrons. The predicted octanol–water partition coefficient (Wildman–Crippen LogP) is 0.165. The standard InChI is InChI=1S/C6H11NO2/c1-6(5(8)9)3-4-7(6)2/h3-4H2,1-2H3,(H,8,9)/t6-/m1/s1. The van der Waals surface area contributed by atoms with Gasteiger partial charge >= 0.3 is 5.97 Å². The molecule has 0 saturated carbocycles. The Morgan fingerprint density at radius 2 is 2.33 bits per heavy atom. The van der Waals surface area contributed by atoms with Crippen LogP contribution in [0.15, 0.2) is 0 Å². The zero-order valence-corrected chi connectivity index (χ0v) is 5.72. The maximum absolute atomic E-state index is 10.5. The molecule has 0 amide bonds. The molecule has 0 aromatic carbocycles. The average molecular weight is 129 g/mol. The second-order valence-corrected chi connectivity index (χ2v) is 2.75. The van der Waals surface area contributed by atoms with Gasteiger partial charge in [0, 0.05) is 6.54 Å². The van der Waals surface area contributed by atoms with Crippen LogP contribution in [-0.2, 0) is 4.79 Å². The van der Waals surface area contributed by atoms with Crippen LogP contribution < -0.4 is 0 Å². The molecule has 0 spiro atoms. The fraction of sp³-hybridized carbons (Fsp3) is 0.833. The SMILES string of the molecule is CN1CC[C@]1(C)C(=O)O. The summed E-state index contributed by atoms with van der Waals surface area (Å²) in [6, 6.07) is 0. The first kappa shape index (κ1) is 6.55. The number of rotatable bonds is 1. The topological polar surface area (TPSA) is 40.5 Å². The Kier molecular flexibility index (Phi) is 1.24. The third kappa shape index (κ3) is 0.721. The van der Waals surface area contributed by atoms with E-state index in [-0.39, 0.29) is 0 Å². The second kappa shape index (κ2) is 1.70. The fourth-order valence-corrected chi connectivity index (χ4v) is 0.941. The predicted molar refractivity (Wildman–Crippen MR) is 33.3 cm³/mol. The smallest absolute Gasteiger partial charge is 0.323 e. The highest BCUT2D eigenvalue weighted by molar-refractivity contribution is 5.79. The van der Waals surface area contributed by atoms with Crippen LogP contribution in [0.3, 0.4) is 0 Å². The number of carboxylic acids is 1. The van der Waals surface area contributed by atoms with Crippen LogP contribution in [0.2, 0.25) is 0 Å². The first-order valence-corrected chi connectivity index (χ1v) is 3.02. The molecule has 1 atom stereocenters. The van der Waals surface area contributed by atoms with Crippen molar-refractivity contribution in [1.29, 1.82) is 0 Å². The van der Waals surface area contributed by atoms with Gasteiger partial charge in [-0.25, -0.2) is 0 Å². The van der Waals surface area contributed by atoms with Crippen molar-refractivity contribution in [3.05, 3.63) is 0 Å². The van der Waals surface area contributed by atoms with E-state index in [4.69, 9.17) is 5.11 Å². The first-order chi connectivity index (χ1) is 4.07. The summed E-state index contributed by atoms with van der Waals surface area (Å²) in [7, 11) is 1.83. The van der Waals surface area contributed by atoms with Crippen LogP contribution in [-0.4, -0.2) is 35.1 Å². The maximum Gasteiger partial charge on any atom is 0.323 e. The summed E-state index contributed by atoms with van der Waals surface area (Å²) in [6.07, 6.45) is 0.777. The van der Waals surface area contributed by atoms with Crippen LogP contribution in [0.1, 0.15) is 13.3 Å². The summed E-state index contributed by atoms with van der Waals surface area (Å²) >= 11 is 0. The number of aliphatic carboxylic acids is 1. The Morgan fingerprint density at radius 1 is 1.78 bits per heavy atom. The molecule has 1 N–H and O–H groups in total. The van der Waals surface area contributed by atoms with Gasteiger partial charge in [-0.05, 0) is 20.4 Å². The largest absolute Gasteiger partial charge is 0.480 e. The minimum atomic E-state index is -0.712. The van der Waals surface area contributed by atoms with E-state index < -0.39 is 11.5 Å². The van der Waals surface area contributed by atoms with Crippen LogP contribution in [0.25, 0.3) is 0 Å². The average Bonchev–Trinajstić information content (AvgIpc) is 1.82. The molecule has 3 nitrogen and oxygen atoms in total. The van der Waals surface area contributed by atoms with E-state index in [0.717, 1.165) is 13.0 Å². The van der Waals surface area contributed by atoms with Crippen LogP contribution in [0, 0.1) is 0 Å². The van der Waals surface area contributed by atoms with Gasteiger partial charge in [0.25, 0.3) is 0 Å². The molecule has 3 heteroatoms. The lowest BCUT2D eigenvalue weighted by atomic mass is 9.88. The molecule has 1 heterocycles. The van der Waals surface area contributed by atoms with E-state index in [2.05, 4.69) is 0 Å². The molecule has 1 saturated heterocycles. The maximum atomic E-state index is 10.5. The number of likely N-dealkylation sites (tertiary alicyclic amines) is 1. The van der Waals surface area contributed by atoms with E-state index in [1.165, 1.54) is 0 Å². The van der Waals surface area contributed by atoms with E-state index >= 15 is 0 Å². The van der Waals surface area contributed by atoms with Gasteiger partial charge in [0.2, 0.25) is 0 Å². The summed E-state index contributed by atoms with van der Waals surface area (Å²) in [5.74, 6) is -0.712. The second-order valence-electron chi connectivity index (χ2n) is 2.75. The first-order valence-electron chi connectivity index (χ1n) is 3.02. The Morgan fingerprint density at radius 3 is 2.33 bits per heavy atom. The third-order valence-electron chi connectivity index (χ3n) is 2.24. The van der Waals surface area contributed by atoms with Crippen molar-refractivity contribution in [1.82, 2.24) is 4.90 Å². The van der Waals surface area contributed by atoms with Crippen LogP contribution in [0.5, 0.6) is 0 Å². The van der Waals surface area contributed by atoms with Gasteiger partial charge in [-0.3, -0.25) is 9.69 Å². The minimum Gasteiger partial charge on any atom is -0.480 e. The molecule has 9 heavy (non-hydrogen) atoms. The lowest BCUT2D eigenvalue weighted by Crippen LogP contribution is -2.60. The third-order valence-corrected chi connectivity index (χ3v) is 2.24. The van der Waals surface area contributed by atoms with E-state index in [1.54, 1.807) is 6.92 Å². The van der Waals surface area contributed by atoms with Crippen LogP contribution >= 0.6 is 0 Å². The van der Waals surface area contributed by atoms with E-state index in [0.29, 0.717) is 0 Å². The van der Waals surface area contributed by atoms with Crippen LogP contribution in [0.4, 0.5) is 0 Å². The molecule has 0 bridgehead atoms. The molecule has 0 unspecified atom stereocenters. The normalized spacial score (nSPS) is 35.8. The van der Waals surface area contributed by atoms with Gasteiger partial charge in [0.05, 0.1) is 0 Å². The van der Waals surface area contributed by atoms with Crippen molar-refractivity contribution in [3.63, 3.8) is 0 Å². The lowest BCUT2D eigenvalue weighted by molar-refractivity contribution is -0.157. The number of carboxylic acid groups (broad SMARTS) is 1. The monoisotopic (exact) mass is 129 g/mol. The molecule has 0 aliphatic carbocycles. The van der Waals surface area contributed by atoms with Crippen molar-refractivity contribution in [3.8, 4) is 0 Å². The molecule has 1 aliphatic heterocycles. The number of likely N-dealkylation sites (N-methyl/N-ethyl adjacent to an activating group) is 1. The van der Waals surface area contributed by atoms with Crippen molar-refractivity contribution in [2.45, 2.75) is 18.9 Å². The number of hydrogen-bond acceptors (Lipinski definition) is 2. The van der Waals surface area contributed by atoms with Crippen molar-refractivity contribution >= 4 is 5.97 Å². The van der Waals surface area contributed by atoms with Gasteiger partial charge in [0.1, 0.15) is 5.54 Å². The fourth-order valence-electron chi connectivity index (χ4n) is 0.941.